The van der Waals surface area contributed by atoms with Gasteiger partial charge in [-0.25, -0.2) is 19.9 Å². The van der Waals surface area contributed by atoms with Crippen LogP contribution in [-0.2, 0) is 10.8 Å². The van der Waals surface area contributed by atoms with Gasteiger partial charge in [0.15, 0.2) is 0 Å². The van der Waals surface area contributed by atoms with Gasteiger partial charge in [-0.3, -0.25) is 14.1 Å². The van der Waals surface area contributed by atoms with E-state index in [0.29, 0.717) is 11.5 Å². The van der Waals surface area contributed by atoms with Gasteiger partial charge in [0.1, 0.15) is 47.3 Å². The molecule has 0 radical (unpaired) electrons. The second-order valence-electron chi connectivity index (χ2n) is 14.4. The summed E-state index contributed by atoms with van der Waals surface area (Å²) in [5, 5.41) is 0. The summed E-state index contributed by atoms with van der Waals surface area (Å²) in [6.45, 7) is 12.8. The van der Waals surface area contributed by atoms with E-state index in [2.05, 4.69) is 89.9 Å². The molecule has 47 heavy (non-hydrogen) atoms. The smallest absolute Gasteiger partial charge is 0.307 e. The van der Waals surface area contributed by atoms with Crippen LogP contribution in [0, 0.1) is 0 Å². The second-order valence-corrected chi connectivity index (χ2v) is 14.4. The minimum atomic E-state index is -0.373. The molecule has 2 aliphatic heterocycles. The fourth-order valence-corrected chi connectivity index (χ4v) is 6.83. The number of benzene rings is 2. The highest BCUT2D eigenvalue weighted by Gasteiger charge is 2.46. The van der Waals surface area contributed by atoms with Crippen molar-refractivity contribution < 1.29 is 9.47 Å². The monoisotopic (exact) mass is 617 g/mol. The van der Waals surface area contributed by atoms with Crippen LogP contribution < -0.4 is 26.1 Å². The van der Waals surface area contributed by atoms with Crippen molar-refractivity contribution in [2.75, 3.05) is 0 Å². The predicted octanol–water partition coefficient (Wildman–Crippen LogP) is 5.87. The molecule has 0 fully saturated rings. The summed E-state index contributed by atoms with van der Waals surface area (Å²) in [5.41, 5.74) is 7.76. The maximum absolute atomic E-state index is 6.74. The first-order valence-electron chi connectivity index (χ1n) is 15.9. The Bertz CT molecular complexity index is 2250. The summed E-state index contributed by atoms with van der Waals surface area (Å²) in [7, 11) is 0. The van der Waals surface area contributed by atoms with Crippen LogP contribution in [0.5, 0.6) is 23.0 Å². The third-order valence-corrected chi connectivity index (χ3v) is 9.16. The van der Waals surface area contributed by atoms with Crippen molar-refractivity contribution in [3.8, 4) is 34.6 Å². The van der Waals surface area contributed by atoms with Crippen molar-refractivity contribution in [1.82, 2.24) is 34.1 Å². The minimum absolute atomic E-state index is 0.268. The number of para-hydroxylation sites is 4. The number of hydrogen-bond donors (Lipinski definition) is 0. The Kier molecular flexibility index (Phi) is 5.62. The summed E-state index contributed by atoms with van der Waals surface area (Å²) < 4.78 is 17.6. The molecule has 0 N–H and O–H groups in total. The average molecular weight is 618 g/mol. The lowest BCUT2D eigenvalue weighted by molar-refractivity contribution is 0.435. The molecule has 0 amide bonds. The van der Waals surface area contributed by atoms with Gasteiger partial charge >= 0.3 is 6.71 Å². The number of nitrogens with zero attached hydrogens (tertiary/aromatic N) is 7. The van der Waals surface area contributed by atoms with Crippen LogP contribution in [0.1, 0.15) is 52.7 Å². The van der Waals surface area contributed by atoms with Crippen molar-refractivity contribution in [2.24, 2.45) is 0 Å². The predicted molar refractivity (Wildman–Crippen MR) is 184 cm³/mol. The Morgan fingerprint density at radius 3 is 1.51 bits per heavy atom. The van der Waals surface area contributed by atoms with Crippen LogP contribution in [-0.4, -0.2) is 40.8 Å². The van der Waals surface area contributed by atoms with Gasteiger partial charge < -0.3 is 9.47 Å². The summed E-state index contributed by atoms with van der Waals surface area (Å²) in [6, 6.07) is 20.5. The number of rotatable bonds is 2. The average Bonchev–Trinajstić information content (AvgIpc) is 3.68. The van der Waals surface area contributed by atoms with Gasteiger partial charge in [-0.2, -0.15) is 0 Å². The maximum Gasteiger partial charge on any atom is 0.307 e. The zero-order chi connectivity index (χ0) is 32.2. The maximum atomic E-state index is 6.74. The number of pyridine rings is 3. The fourth-order valence-electron chi connectivity index (χ4n) is 6.83. The number of aromatic nitrogens is 7. The molecule has 10 heteroatoms. The van der Waals surface area contributed by atoms with E-state index in [1.165, 1.54) is 0 Å². The first-order chi connectivity index (χ1) is 22.6. The van der Waals surface area contributed by atoms with Crippen molar-refractivity contribution in [3.63, 3.8) is 0 Å². The van der Waals surface area contributed by atoms with Gasteiger partial charge in [-0.15, -0.1) is 0 Å². The Morgan fingerprint density at radius 1 is 0.617 bits per heavy atom. The quantitative estimate of drug-likeness (QED) is 0.224. The molecule has 7 aromatic rings. The fraction of sp³-hybridized carbons (Fsp3) is 0.216. The molecule has 0 spiro atoms. The van der Waals surface area contributed by atoms with E-state index in [1.807, 2.05) is 49.1 Å². The van der Waals surface area contributed by atoms with Crippen LogP contribution >= 0.6 is 0 Å². The van der Waals surface area contributed by atoms with E-state index >= 15 is 0 Å². The van der Waals surface area contributed by atoms with Gasteiger partial charge in [0.25, 0.3) is 0 Å². The highest BCUT2D eigenvalue weighted by molar-refractivity contribution is 6.97. The van der Waals surface area contributed by atoms with Crippen LogP contribution in [0.3, 0.4) is 0 Å². The highest BCUT2D eigenvalue weighted by Crippen LogP contribution is 2.42. The van der Waals surface area contributed by atoms with Crippen molar-refractivity contribution in [2.45, 2.75) is 52.4 Å². The number of imidazole rings is 2. The van der Waals surface area contributed by atoms with Gasteiger partial charge in [-0.05, 0) is 47.2 Å². The molecule has 0 saturated heterocycles. The summed E-state index contributed by atoms with van der Waals surface area (Å²) in [6.07, 6.45) is 7.22. The zero-order valence-electron chi connectivity index (χ0n) is 27.1. The molecule has 0 saturated carbocycles. The van der Waals surface area contributed by atoms with Crippen LogP contribution in [0.15, 0.2) is 85.7 Å². The Labute approximate surface area is 272 Å². The van der Waals surface area contributed by atoms with E-state index < -0.39 is 0 Å². The van der Waals surface area contributed by atoms with Gasteiger partial charge in [0.05, 0.1) is 45.6 Å². The molecule has 0 unspecified atom stereocenters. The molecular formula is C37H32BN7O2. The number of hydrogen-bond acceptors (Lipinski definition) is 7. The Balaban J connectivity index is 1.37. The standard InChI is InChI=1S/C37H32BN7O2/c1-36(2,3)21-15-29(44-19-40-23-11-7-9-13-25(23)44)42-34-32(21)46-27-17-39-18-28-31(27)38(34)35-33(47-28)22(37(4,5)6)16-30(43-35)45-20-41-24-12-8-10-14-26(24)45/h7-20H,1-6H3. The SMILES string of the molecule is CC(C)(C)c1cc(-n2cnc3ccccc32)nc2c1Oc1cncc3c1B2c1nc(-n2cnc4ccccc42)cc(C(C)(C)C)c1O3. The molecule has 0 bridgehead atoms. The van der Waals surface area contributed by atoms with Crippen molar-refractivity contribution in [3.05, 3.63) is 96.8 Å². The van der Waals surface area contributed by atoms with Crippen LogP contribution in [0.4, 0.5) is 0 Å². The topological polar surface area (TPSA) is 92.8 Å². The van der Waals surface area contributed by atoms with Crippen molar-refractivity contribution >= 4 is 45.4 Å². The Hall–Kier alpha value is -5.51. The molecule has 7 heterocycles. The summed E-state index contributed by atoms with van der Waals surface area (Å²) >= 11 is 0. The summed E-state index contributed by atoms with van der Waals surface area (Å²) in [4.78, 5) is 24.7. The molecule has 0 aliphatic carbocycles. The highest BCUT2D eigenvalue weighted by atomic mass is 16.5. The van der Waals surface area contributed by atoms with Gasteiger partial charge in [0.2, 0.25) is 0 Å². The lowest BCUT2D eigenvalue weighted by atomic mass is 9.37. The first-order valence-corrected chi connectivity index (χ1v) is 15.9. The van der Waals surface area contributed by atoms with E-state index in [1.54, 1.807) is 12.4 Å². The van der Waals surface area contributed by atoms with Gasteiger partial charge in [-0.1, -0.05) is 65.8 Å². The molecule has 0 atom stereocenters. The molecule has 230 valence electrons. The normalized spacial score (nSPS) is 13.6. The number of fused-ring (bicyclic) bond motifs is 6. The van der Waals surface area contributed by atoms with Crippen LogP contribution in [0.25, 0.3) is 33.7 Å². The molecule has 5 aromatic heterocycles. The minimum Gasteiger partial charge on any atom is -0.455 e. The molecule has 9 nitrogen and oxygen atoms in total. The van der Waals surface area contributed by atoms with Crippen molar-refractivity contribution in [1.29, 1.82) is 0 Å². The largest absolute Gasteiger partial charge is 0.455 e. The van der Waals surface area contributed by atoms with Crippen LogP contribution in [0.2, 0.25) is 0 Å². The first kappa shape index (κ1) is 27.8. The van der Waals surface area contributed by atoms with Gasteiger partial charge in [0, 0.05) is 16.6 Å². The molecule has 2 aromatic carbocycles. The van der Waals surface area contributed by atoms with E-state index in [-0.39, 0.29) is 17.5 Å². The second kappa shape index (κ2) is 9.51. The van der Waals surface area contributed by atoms with E-state index in [4.69, 9.17) is 19.4 Å². The third kappa shape index (κ3) is 4.13. The third-order valence-electron chi connectivity index (χ3n) is 9.16. The zero-order valence-corrected chi connectivity index (χ0v) is 27.1. The van der Waals surface area contributed by atoms with E-state index in [9.17, 15) is 0 Å². The molecule has 9 rings (SSSR count). The molecular weight excluding hydrogens is 585 g/mol. The lowest BCUT2D eigenvalue weighted by Crippen LogP contribution is -2.60. The lowest BCUT2D eigenvalue weighted by Gasteiger charge is -2.36. The molecule has 2 aliphatic rings. The van der Waals surface area contributed by atoms with E-state index in [0.717, 1.165) is 73.0 Å². The Morgan fingerprint density at radius 2 is 1.06 bits per heavy atom. The number of ether oxygens (including phenoxy) is 2. The summed E-state index contributed by atoms with van der Waals surface area (Å²) in [5.74, 6) is 4.30.